The Labute approximate surface area is 204 Å². The maximum absolute atomic E-state index is 13.2. The summed E-state index contributed by atoms with van der Waals surface area (Å²) in [6, 6.07) is 15.5. The van der Waals surface area contributed by atoms with Crippen molar-refractivity contribution in [3.05, 3.63) is 70.2 Å². The first-order valence-corrected chi connectivity index (χ1v) is 13.5. The second-order valence-corrected chi connectivity index (χ2v) is 12.1. The van der Waals surface area contributed by atoms with Crippen molar-refractivity contribution in [3.8, 4) is 0 Å². The lowest BCUT2D eigenvalue weighted by Gasteiger charge is -2.56. The minimum absolute atomic E-state index is 0.0214. The quantitative estimate of drug-likeness (QED) is 0.587. The molecule has 7 rings (SSSR count). The number of amides is 2. The molecular formula is C27H29ClN2O2S. The monoisotopic (exact) mass is 480 g/mol. The van der Waals surface area contributed by atoms with Gasteiger partial charge in [0.05, 0.1) is 5.75 Å². The van der Waals surface area contributed by atoms with Crippen LogP contribution in [0.25, 0.3) is 0 Å². The fourth-order valence-corrected chi connectivity index (χ4v) is 8.38. The number of halogens is 1. The average molecular weight is 481 g/mol. The molecule has 6 heteroatoms. The van der Waals surface area contributed by atoms with Crippen LogP contribution in [-0.2, 0) is 11.3 Å². The third-order valence-corrected chi connectivity index (χ3v) is 9.62. The molecule has 4 aliphatic carbocycles. The van der Waals surface area contributed by atoms with Gasteiger partial charge in [-0.1, -0.05) is 35.9 Å². The fourth-order valence-electron chi connectivity index (χ4n) is 7.06. The van der Waals surface area contributed by atoms with E-state index in [1.165, 1.54) is 19.3 Å². The Morgan fingerprint density at radius 3 is 2.18 bits per heavy atom. The van der Waals surface area contributed by atoms with Gasteiger partial charge in [0.2, 0.25) is 5.91 Å². The molecule has 172 valence electrons. The molecule has 1 saturated heterocycles. The highest BCUT2D eigenvalue weighted by atomic mass is 35.5. The first-order valence-electron chi connectivity index (χ1n) is 12.0. The van der Waals surface area contributed by atoms with E-state index in [0.717, 1.165) is 48.1 Å². The van der Waals surface area contributed by atoms with E-state index < -0.39 is 0 Å². The van der Waals surface area contributed by atoms with Crippen molar-refractivity contribution in [3.63, 3.8) is 0 Å². The highest BCUT2D eigenvalue weighted by molar-refractivity contribution is 8.00. The Hall–Kier alpha value is -1.98. The summed E-state index contributed by atoms with van der Waals surface area (Å²) in [6.45, 7) is 0.557. The summed E-state index contributed by atoms with van der Waals surface area (Å²) in [5.74, 6) is 3.10. The second kappa shape index (κ2) is 8.35. The van der Waals surface area contributed by atoms with Crippen molar-refractivity contribution in [1.82, 2.24) is 10.2 Å². The lowest BCUT2D eigenvalue weighted by Crippen LogP contribution is -2.59. The number of benzene rings is 2. The maximum Gasteiger partial charge on any atom is 0.251 e. The van der Waals surface area contributed by atoms with Crippen molar-refractivity contribution in [2.24, 2.45) is 17.8 Å². The predicted octanol–water partition coefficient (Wildman–Crippen LogP) is 5.81. The van der Waals surface area contributed by atoms with Gasteiger partial charge < -0.3 is 10.2 Å². The first kappa shape index (κ1) is 21.5. The van der Waals surface area contributed by atoms with Gasteiger partial charge in [0.25, 0.3) is 5.91 Å². The van der Waals surface area contributed by atoms with E-state index in [2.05, 4.69) is 5.32 Å². The van der Waals surface area contributed by atoms with Gasteiger partial charge in [-0.25, -0.2) is 0 Å². The largest absolute Gasteiger partial charge is 0.347 e. The van der Waals surface area contributed by atoms with Crippen LogP contribution in [0, 0.1) is 17.8 Å². The van der Waals surface area contributed by atoms with Crippen LogP contribution in [0.2, 0.25) is 5.02 Å². The normalized spacial score (nSPS) is 32.4. The summed E-state index contributed by atoms with van der Waals surface area (Å²) in [7, 11) is 0. The van der Waals surface area contributed by atoms with Crippen molar-refractivity contribution < 1.29 is 9.59 Å². The molecule has 2 amide bonds. The number of nitrogens with zero attached hydrogens (tertiary/aromatic N) is 1. The molecule has 2 aromatic rings. The molecule has 5 aliphatic rings. The van der Waals surface area contributed by atoms with E-state index >= 15 is 0 Å². The van der Waals surface area contributed by atoms with Crippen LogP contribution in [0.15, 0.2) is 48.5 Å². The minimum atomic E-state index is -0.0338. The van der Waals surface area contributed by atoms with Gasteiger partial charge in [-0.15, -0.1) is 11.8 Å². The highest BCUT2D eigenvalue weighted by Gasteiger charge is 2.51. The molecule has 4 bridgehead atoms. The molecule has 1 heterocycles. The number of rotatable bonds is 5. The summed E-state index contributed by atoms with van der Waals surface area (Å²) >= 11 is 7.65. The Bertz CT molecular complexity index is 1030. The summed E-state index contributed by atoms with van der Waals surface area (Å²) in [5, 5.41) is 4.12. The zero-order valence-electron chi connectivity index (χ0n) is 18.6. The Morgan fingerprint density at radius 2 is 1.58 bits per heavy atom. The zero-order chi connectivity index (χ0) is 22.6. The van der Waals surface area contributed by atoms with Crippen molar-refractivity contribution in [1.29, 1.82) is 0 Å². The molecule has 1 N–H and O–H groups in total. The fraction of sp³-hybridized carbons (Fsp3) is 0.481. The van der Waals surface area contributed by atoms with Gasteiger partial charge in [0.1, 0.15) is 5.37 Å². The third kappa shape index (κ3) is 4.19. The van der Waals surface area contributed by atoms with Gasteiger partial charge in [-0.05, 0) is 91.7 Å². The lowest BCUT2D eigenvalue weighted by atomic mass is 9.53. The van der Waals surface area contributed by atoms with E-state index in [1.54, 1.807) is 11.8 Å². The molecule has 2 aromatic carbocycles. The third-order valence-electron chi connectivity index (χ3n) is 8.11. The summed E-state index contributed by atoms with van der Waals surface area (Å²) in [4.78, 5) is 27.6. The molecular weight excluding hydrogens is 452 g/mol. The van der Waals surface area contributed by atoms with Gasteiger partial charge in [-0.2, -0.15) is 0 Å². The van der Waals surface area contributed by atoms with Crippen LogP contribution in [0.5, 0.6) is 0 Å². The van der Waals surface area contributed by atoms with Crippen LogP contribution in [0.1, 0.15) is 65.4 Å². The topological polar surface area (TPSA) is 49.4 Å². The highest BCUT2D eigenvalue weighted by Crippen LogP contribution is 2.55. The first-order chi connectivity index (χ1) is 16.0. The van der Waals surface area contributed by atoms with E-state index in [-0.39, 0.29) is 22.7 Å². The van der Waals surface area contributed by atoms with Crippen LogP contribution < -0.4 is 5.32 Å². The average Bonchev–Trinajstić information content (AvgIpc) is 3.14. The molecule has 33 heavy (non-hydrogen) atoms. The molecule has 0 spiro atoms. The Morgan fingerprint density at radius 1 is 0.970 bits per heavy atom. The van der Waals surface area contributed by atoms with Crippen LogP contribution in [0.4, 0.5) is 0 Å². The summed E-state index contributed by atoms with van der Waals surface area (Å²) in [6.07, 6.45) is 7.58. The lowest BCUT2D eigenvalue weighted by molar-refractivity contribution is -0.128. The van der Waals surface area contributed by atoms with Crippen LogP contribution in [-0.4, -0.2) is 28.0 Å². The van der Waals surface area contributed by atoms with Crippen LogP contribution >= 0.6 is 23.4 Å². The summed E-state index contributed by atoms with van der Waals surface area (Å²) in [5.41, 5.74) is 2.86. The number of nitrogens with one attached hydrogen (secondary N) is 1. The van der Waals surface area contributed by atoms with E-state index in [9.17, 15) is 9.59 Å². The van der Waals surface area contributed by atoms with Crippen molar-refractivity contribution >= 4 is 35.2 Å². The smallest absolute Gasteiger partial charge is 0.251 e. The Balaban J connectivity index is 1.15. The van der Waals surface area contributed by atoms with E-state index in [4.69, 9.17) is 11.6 Å². The van der Waals surface area contributed by atoms with Gasteiger partial charge >= 0.3 is 0 Å². The van der Waals surface area contributed by atoms with E-state index in [1.807, 2.05) is 53.4 Å². The molecule has 0 aromatic heterocycles. The minimum Gasteiger partial charge on any atom is -0.347 e. The molecule has 5 fully saturated rings. The maximum atomic E-state index is 13.2. The Kier molecular flexibility index (Phi) is 5.45. The number of hydrogen-bond acceptors (Lipinski definition) is 3. The van der Waals surface area contributed by atoms with Crippen LogP contribution in [0.3, 0.4) is 0 Å². The number of carbonyl (C=O) groups excluding carboxylic acids is 2. The molecule has 0 unspecified atom stereocenters. The summed E-state index contributed by atoms with van der Waals surface area (Å²) < 4.78 is 0. The molecule has 4 saturated carbocycles. The SMILES string of the molecule is O=C(NC12CC3CC(CC(C3)C1)C2)c1ccc([C@H]2SCC(=O)N2Cc2ccc(Cl)cc2)cc1. The predicted molar refractivity (Wildman–Crippen MR) is 132 cm³/mol. The number of thioether (sulfide) groups is 1. The zero-order valence-corrected chi connectivity index (χ0v) is 20.2. The molecule has 0 radical (unpaired) electrons. The second-order valence-electron chi connectivity index (χ2n) is 10.6. The molecule has 1 aliphatic heterocycles. The van der Waals surface area contributed by atoms with Crippen molar-refractivity contribution in [2.45, 2.75) is 56.0 Å². The van der Waals surface area contributed by atoms with Gasteiger partial charge in [0, 0.05) is 22.7 Å². The number of carbonyl (C=O) groups is 2. The number of hydrogen-bond donors (Lipinski definition) is 1. The standard InChI is InChI=1S/C27H29ClN2O2S/c28-23-7-1-17(2-8-23)15-30-24(31)16-33-26(30)22-5-3-21(4-6-22)25(32)29-27-12-18-9-19(13-27)11-20(10-18)14-27/h1-8,18-20,26H,9-16H2,(H,29,32)/t18?,19?,20?,26-,27?/m1/s1. The van der Waals surface area contributed by atoms with Crippen molar-refractivity contribution in [2.75, 3.05) is 5.75 Å². The van der Waals surface area contributed by atoms with Gasteiger partial charge in [0.15, 0.2) is 0 Å². The molecule has 4 nitrogen and oxygen atoms in total. The molecule has 1 atom stereocenters. The van der Waals surface area contributed by atoms with E-state index in [0.29, 0.717) is 22.9 Å². The van der Waals surface area contributed by atoms with Gasteiger partial charge in [-0.3, -0.25) is 9.59 Å².